The smallest absolute Gasteiger partial charge is 0.328 e. The first kappa shape index (κ1) is 28.7. The van der Waals surface area contributed by atoms with E-state index < -0.39 is 11.9 Å². The molecule has 3 aromatic rings. The van der Waals surface area contributed by atoms with Crippen LogP contribution in [0.5, 0.6) is 11.5 Å². The van der Waals surface area contributed by atoms with Gasteiger partial charge in [0.15, 0.2) is 6.54 Å². The Morgan fingerprint density at radius 3 is 2.55 bits per heavy atom. The maximum Gasteiger partial charge on any atom is 0.328 e. The molecule has 0 saturated carbocycles. The Hall–Kier alpha value is -4.31. The molecule has 0 fully saturated rings. The standard InChI is InChI=1S/C26H32N4O2.C4H4O4/c1-7-29(8-2)13-14-30-21-16-22-18(11-12-26(3,4)32-22)25-23(21)24(27-30)19-15-17(31-6)9-10-20(19)28(25)5;5-3(6)1-2-4(7)8/h9-12,15-16H,7-8,13-14H2,1-6H3;1-2H,(H,5,6)(H,7,8)/b;2-1+. The van der Waals surface area contributed by atoms with Crippen LogP contribution in [0, 0.1) is 0 Å². The molecule has 212 valence electrons. The number of carboxylic acid groups (broad SMARTS) is 2. The van der Waals surface area contributed by atoms with E-state index in [9.17, 15) is 14.7 Å². The highest BCUT2D eigenvalue weighted by molar-refractivity contribution is 6.12. The number of aromatic nitrogens is 2. The maximum absolute atomic E-state index is 9.53. The summed E-state index contributed by atoms with van der Waals surface area (Å²) in [5.74, 6) is -1.01. The molecule has 1 aromatic heterocycles. The number of hydrogen-bond donors (Lipinski definition) is 2. The average molecular weight is 549 g/mol. The van der Waals surface area contributed by atoms with Crippen LogP contribution in [0.1, 0.15) is 33.3 Å². The molecule has 0 aliphatic carbocycles. The Morgan fingerprint density at radius 2 is 1.95 bits per heavy atom. The summed E-state index contributed by atoms with van der Waals surface area (Å²) in [5, 5.41) is 22.2. The highest BCUT2D eigenvalue weighted by Crippen LogP contribution is 2.51. The van der Waals surface area contributed by atoms with E-state index in [1.54, 1.807) is 7.11 Å². The van der Waals surface area contributed by atoms with Crippen LogP contribution < -0.4 is 24.2 Å². The Bertz CT molecular complexity index is 1480. The summed E-state index contributed by atoms with van der Waals surface area (Å²) in [5.41, 5.74) is 6.63. The largest absolute Gasteiger partial charge is 0.545 e. The van der Waals surface area contributed by atoms with Crippen molar-refractivity contribution in [3.63, 3.8) is 0 Å². The first-order valence-electron chi connectivity index (χ1n) is 13.3. The molecule has 0 saturated heterocycles. The topological polar surface area (TPSA) is 122 Å². The number of hydrogen-bond acceptors (Lipinski definition) is 7. The summed E-state index contributed by atoms with van der Waals surface area (Å²) in [6.45, 7) is 12.6. The highest BCUT2D eigenvalue weighted by atomic mass is 16.5. The van der Waals surface area contributed by atoms with E-state index in [1.165, 1.54) is 16.6 Å². The molecule has 5 rings (SSSR count). The highest BCUT2D eigenvalue weighted by Gasteiger charge is 2.36. The van der Waals surface area contributed by atoms with Crippen molar-refractivity contribution < 1.29 is 34.0 Å². The SMILES string of the molecule is CCN(CC)CC[n+]1[nH]c2c3c(c4c(cc31)OC(C)(C)C=C4)N(C)c1ccc(OC)cc1-2.O=C([O-])/C=C/C(=O)O. The van der Waals surface area contributed by atoms with Gasteiger partial charge in [-0.15, -0.1) is 4.68 Å². The van der Waals surface area contributed by atoms with Gasteiger partial charge in [0.25, 0.3) is 0 Å². The predicted octanol–water partition coefficient (Wildman–Crippen LogP) is 3.12. The van der Waals surface area contributed by atoms with Crippen molar-refractivity contribution in [2.24, 2.45) is 0 Å². The third-order valence-electron chi connectivity index (χ3n) is 7.16. The number of carboxylic acids is 2. The Balaban J connectivity index is 0.000000406. The molecule has 0 bridgehead atoms. The lowest BCUT2D eigenvalue weighted by molar-refractivity contribution is -0.725. The van der Waals surface area contributed by atoms with E-state index >= 15 is 0 Å². The van der Waals surface area contributed by atoms with Gasteiger partial charge in [0.05, 0.1) is 37.1 Å². The quantitative estimate of drug-likeness (QED) is 0.325. The molecule has 2 aliphatic heterocycles. The number of aromatic amines is 1. The number of anilines is 2. The number of nitrogens with one attached hydrogen (secondary N) is 1. The minimum absolute atomic E-state index is 0.322. The monoisotopic (exact) mass is 548 g/mol. The van der Waals surface area contributed by atoms with Gasteiger partial charge >= 0.3 is 5.97 Å². The van der Waals surface area contributed by atoms with Crippen LogP contribution in [-0.2, 0) is 16.1 Å². The summed E-state index contributed by atoms with van der Waals surface area (Å²) in [4.78, 5) is 23.7. The van der Waals surface area contributed by atoms with Gasteiger partial charge in [-0.2, -0.15) is 5.10 Å². The van der Waals surface area contributed by atoms with Gasteiger partial charge in [-0.05, 0) is 63.4 Å². The van der Waals surface area contributed by atoms with Gasteiger partial charge < -0.3 is 29.4 Å². The van der Waals surface area contributed by atoms with Gasteiger partial charge in [0.2, 0.25) is 5.52 Å². The summed E-state index contributed by atoms with van der Waals surface area (Å²) in [7, 11) is 3.86. The third-order valence-corrected chi connectivity index (χ3v) is 7.16. The molecule has 2 N–H and O–H groups in total. The van der Waals surface area contributed by atoms with E-state index in [2.05, 4.69) is 84.7 Å². The lowest BCUT2D eigenvalue weighted by atomic mass is 9.93. The van der Waals surface area contributed by atoms with Crippen LogP contribution in [0.25, 0.3) is 28.2 Å². The van der Waals surface area contributed by atoms with Crippen molar-refractivity contribution >= 4 is 40.3 Å². The normalized spacial score (nSPS) is 14.4. The molecule has 0 amide bonds. The number of aliphatic carboxylic acids is 2. The second-order valence-electron chi connectivity index (χ2n) is 10.2. The van der Waals surface area contributed by atoms with Gasteiger partial charge in [-0.3, -0.25) is 4.90 Å². The molecule has 10 nitrogen and oxygen atoms in total. The molecule has 0 spiro atoms. The van der Waals surface area contributed by atoms with Crippen LogP contribution >= 0.6 is 0 Å². The van der Waals surface area contributed by atoms with Crippen LogP contribution in [0.4, 0.5) is 11.4 Å². The summed E-state index contributed by atoms with van der Waals surface area (Å²) >= 11 is 0. The zero-order valence-electron chi connectivity index (χ0n) is 23.8. The Kier molecular flexibility index (Phi) is 8.20. The van der Waals surface area contributed by atoms with Gasteiger partial charge in [-0.1, -0.05) is 13.8 Å². The number of nitrogens with zero attached hydrogens (tertiary/aromatic N) is 3. The average Bonchev–Trinajstić information content (AvgIpc) is 3.28. The predicted molar refractivity (Wildman–Crippen MR) is 152 cm³/mol. The maximum atomic E-state index is 9.53. The molecule has 10 heteroatoms. The lowest BCUT2D eigenvalue weighted by Crippen LogP contribution is -2.42. The molecule has 2 aliphatic rings. The molecule has 0 radical (unpaired) electrons. The summed E-state index contributed by atoms with van der Waals surface area (Å²) in [6, 6.07) is 8.50. The number of carbonyl (C=O) groups is 2. The molecular formula is C30H36N4O6. The van der Waals surface area contributed by atoms with Crippen molar-refractivity contribution in [3.05, 3.63) is 48.1 Å². The molecule has 0 atom stereocenters. The van der Waals surface area contributed by atoms with Crippen LogP contribution in [-0.4, -0.2) is 66.4 Å². The second-order valence-corrected chi connectivity index (χ2v) is 10.2. The first-order chi connectivity index (χ1) is 19.0. The number of carbonyl (C=O) groups excluding carboxylic acids is 1. The van der Waals surface area contributed by atoms with Gasteiger partial charge in [-0.25, -0.2) is 4.79 Å². The van der Waals surface area contributed by atoms with Crippen molar-refractivity contribution in [3.8, 4) is 22.8 Å². The molecule has 2 aromatic carbocycles. The lowest BCUT2D eigenvalue weighted by Gasteiger charge is -2.33. The van der Waals surface area contributed by atoms with Crippen LogP contribution in [0.15, 0.2) is 42.5 Å². The van der Waals surface area contributed by atoms with Crippen LogP contribution in [0.2, 0.25) is 0 Å². The van der Waals surface area contributed by atoms with Crippen molar-refractivity contribution in [1.29, 1.82) is 0 Å². The number of likely N-dealkylation sites (N-methyl/N-ethyl adjacent to an activating group) is 1. The van der Waals surface area contributed by atoms with Crippen molar-refractivity contribution in [2.75, 3.05) is 38.7 Å². The number of rotatable bonds is 8. The minimum Gasteiger partial charge on any atom is -0.545 e. The van der Waals surface area contributed by atoms with E-state index in [4.69, 9.17) is 14.6 Å². The third kappa shape index (κ3) is 5.67. The molecule has 3 heterocycles. The Labute approximate surface area is 233 Å². The minimum atomic E-state index is -1.51. The van der Waals surface area contributed by atoms with Crippen molar-refractivity contribution in [2.45, 2.75) is 39.8 Å². The number of methoxy groups -OCH3 is 1. The van der Waals surface area contributed by atoms with Gasteiger partial charge in [0.1, 0.15) is 28.2 Å². The van der Waals surface area contributed by atoms with Gasteiger partial charge in [0, 0.05) is 24.3 Å². The second kappa shape index (κ2) is 11.4. The summed E-state index contributed by atoms with van der Waals surface area (Å²) in [6.07, 6.45) is 5.31. The fourth-order valence-corrected chi connectivity index (χ4v) is 5.10. The number of H-pyrrole nitrogens is 1. The number of fused-ring (bicyclic) bond motifs is 4. The fourth-order valence-electron chi connectivity index (χ4n) is 5.10. The molecular weight excluding hydrogens is 512 g/mol. The zero-order valence-corrected chi connectivity index (χ0v) is 23.8. The molecule has 40 heavy (non-hydrogen) atoms. The van der Waals surface area contributed by atoms with E-state index in [1.807, 2.05) is 6.07 Å². The number of benzene rings is 2. The van der Waals surface area contributed by atoms with E-state index in [-0.39, 0.29) is 5.60 Å². The first-order valence-corrected chi connectivity index (χ1v) is 13.3. The molecule has 0 unspecified atom stereocenters. The zero-order chi connectivity index (χ0) is 29.2. The Morgan fingerprint density at radius 1 is 1.23 bits per heavy atom. The van der Waals surface area contributed by atoms with Crippen LogP contribution in [0.3, 0.4) is 0 Å². The van der Waals surface area contributed by atoms with E-state index in [0.717, 1.165) is 60.2 Å². The fraction of sp³-hybridized carbons (Fsp3) is 0.367. The van der Waals surface area contributed by atoms with Crippen molar-refractivity contribution in [1.82, 2.24) is 10.00 Å². The van der Waals surface area contributed by atoms with E-state index in [0.29, 0.717) is 12.2 Å². The summed E-state index contributed by atoms with van der Waals surface area (Å²) < 4.78 is 14.3. The number of ether oxygens (including phenoxy) is 2.